The summed E-state index contributed by atoms with van der Waals surface area (Å²) in [5, 5.41) is 2.75. The molecule has 1 aliphatic heterocycles. The zero-order valence-electron chi connectivity index (χ0n) is 19.3. The number of carbonyl (C=O) groups excluding carboxylic acids is 3. The van der Waals surface area contributed by atoms with E-state index < -0.39 is 23.3 Å². The highest BCUT2D eigenvalue weighted by molar-refractivity contribution is 5.80. The van der Waals surface area contributed by atoms with Gasteiger partial charge in [0.05, 0.1) is 0 Å². The third-order valence-corrected chi connectivity index (χ3v) is 6.23. The molecular formula is C26H30N2O5. The fourth-order valence-corrected chi connectivity index (χ4v) is 4.52. The number of piperidine rings is 1. The van der Waals surface area contributed by atoms with E-state index in [1.165, 1.54) is 0 Å². The largest absolute Gasteiger partial charge is 0.449 e. The van der Waals surface area contributed by atoms with Crippen LogP contribution in [0.1, 0.15) is 50.7 Å². The van der Waals surface area contributed by atoms with Crippen LogP contribution in [0.15, 0.2) is 48.5 Å². The number of carbonyl (C=O) groups is 3. The van der Waals surface area contributed by atoms with E-state index in [4.69, 9.17) is 9.47 Å². The highest BCUT2D eigenvalue weighted by Gasteiger charge is 2.39. The number of likely N-dealkylation sites (tertiary alicyclic amines) is 1. The Balaban J connectivity index is 1.36. The molecule has 1 fully saturated rings. The van der Waals surface area contributed by atoms with Gasteiger partial charge in [-0.05, 0) is 55.9 Å². The van der Waals surface area contributed by atoms with Crippen LogP contribution in [0.5, 0.6) is 0 Å². The van der Waals surface area contributed by atoms with E-state index in [1.807, 2.05) is 45.0 Å². The Hall–Kier alpha value is -3.35. The molecule has 4 rings (SSSR count). The molecule has 7 heteroatoms. The molecule has 2 aromatic rings. The molecule has 1 saturated heterocycles. The number of nitrogens with one attached hydrogen (secondary N) is 1. The van der Waals surface area contributed by atoms with Crippen molar-refractivity contribution in [3.63, 3.8) is 0 Å². The van der Waals surface area contributed by atoms with Gasteiger partial charge in [0, 0.05) is 19.0 Å². The molecule has 2 aliphatic rings. The van der Waals surface area contributed by atoms with Crippen LogP contribution in [0, 0.1) is 0 Å². The molecule has 1 heterocycles. The maximum atomic E-state index is 12.7. The summed E-state index contributed by atoms with van der Waals surface area (Å²) in [6.45, 7) is 6.24. The van der Waals surface area contributed by atoms with Crippen LogP contribution in [0.3, 0.4) is 0 Å². The predicted octanol–water partition coefficient (Wildman–Crippen LogP) is 4.49. The van der Waals surface area contributed by atoms with E-state index >= 15 is 0 Å². The number of hydrogen-bond acceptors (Lipinski definition) is 5. The zero-order valence-corrected chi connectivity index (χ0v) is 19.3. The Morgan fingerprint density at radius 3 is 2.09 bits per heavy atom. The quantitative estimate of drug-likeness (QED) is 0.694. The molecule has 2 aromatic carbocycles. The van der Waals surface area contributed by atoms with Gasteiger partial charge < -0.3 is 24.5 Å². The van der Waals surface area contributed by atoms with Gasteiger partial charge in [0.2, 0.25) is 0 Å². The lowest BCUT2D eigenvalue weighted by Crippen LogP contribution is -2.57. The zero-order chi connectivity index (χ0) is 23.6. The first-order valence-corrected chi connectivity index (χ1v) is 11.3. The minimum absolute atomic E-state index is 0.0515. The SMILES string of the molecule is CC(C)(C)OC(=O)N1CCC(C=O)(NC(=O)OCC2c3ccccc3-c3ccccc32)CC1. The lowest BCUT2D eigenvalue weighted by Gasteiger charge is -2.38. The van der Waals surface area contributed by atoms with Crippen molar-refractivity contribution in [1.82, 2.24) is 10.2 Å². The topological polar surface area (TPSA) is 84.9 Å². The molecule has 33 heavy (non-hydrogen) atoms. The Bertz CT molecular complexity index is 1010. The van der Waals surface area contributed by atoms with Gasteiger partial charge in [0.1, 0.15) is 24.0 Å². The molecule has 2 amide bonds. The van der Waals surface area contributed by atoms with Crippen LogP contribution in [0.4, 0.5) is 9.59 Å². The molecule has 0 aromatic heterocycles. The van der Waals surface area contributed by atoms with Gasteiger partial charge in [-0.1, -0.05) is 48.5 Å². The van der Waals surface area contributed by atoms with E-state index in [2.05, 4.69) is 29.6 Å². The summed E-state index contributed by atoms with van der Waals surface area (Å²) < 4.78 is 11.0. The molecule has 174 valence electrons. The monoisotopic (exact) mass is 450 g/mol. The van der Waals surface area contributed by atoms with Gasteiger partial charge in [0.25, 0.3) is 0 Å². The summed E-state index contributed by atoms with van der Waals surface area (Å²) in [6, 6.07) is 16.2. The van der Waals surface area contributed by atoms with E-state index in [0.29, 0.717) is 25.9 Å². The van der Waals surface area contributed by atoms with Gasteiger partial charge in [0.15, 0.2) is 0 Å². The normalized spacial score (nSPS) is 17.0. The standard InChI is InChI=1S/C26H30N2O5/c1-25(2,3)33-24(31)28-14-12-26(17-29,13-15-28)27-23(30)32-16-22-20-10-6-4-8-18(20)19-9-5-7-11-21(19)22/h4-11,17,22H,12-16H2,1-3H3,(H,27,30). The van der Waals surface area contributed by atoms with Crippen molar-refractivity contribution >= 4 is 18.5 Å². The van der Waals surface area contributed by atoms with E-state index in [9.17, 15) is 14.4 Å². The average Bonchev–Trinajstić information content (AvgIpc) is 3.11. The molecule has 0 spiro atoms. The van der Waals surface area contributed by atoms with Crippen molar-refractivity contribution in [2.24, 2.45) is 0 Å². The summed E-state index contributed by atoms with van der Waals surface area (Å²) in [4.78, 5) is 38.4. The third kappa shape index (κ3) is 4.87. The number of nitrogens with zero attached hydrogens (tertiary/aromatic N) is 1. The number of alkyl carbamates (subject to hydrolysis) is 1. The maximum absolute atomic E-state index is 12.7. The summed E-state index contributed by atoms with van der Waals surface area (Å²) >= 11 is 0. The van der Waals surface area contributed by atoms with Gasteiger partial charge in [-0.15, -0.1) is 0 Å². The van der Waals surface area contributed by atoms with Gasteiger partial charge in [-0.25, -0.2) is 9.59 Å². The smallest absolute Gasteiger partial charge is 0.410 e. The highest BCUT2D eigenvalue weighted by atomic mass is 16.6. The van der Waals surface area contributed by atoms with Gasteiger partial charge >= 0.3 is 12.2 Å². The molecule has 0 unspecified atom stereocenters. The molecule has 1 N–H and O–H groups in total. The van der Waals surface area contributed by atoms with Crippen molar-refractivity contribution in [2.75, 3.05) is 19.7 Å². The van der Waals surface area contributed by atoms with Crippen molar-refractivity contribution < 1.29 is 23.9 Å². The van der Waals surface area contributed by atoms with Crippen LogP contribution < -0.4 is 5.32 Å². The number of hydrogen-bond donors (Lipinski definition) is 1. The molecule has 0 radical (unpaired) electrons. The summed E-state index contributed by atoms with van der Waals surface area (Å²) in [5.41, 5.74) is 2.92. The number of benzene rings is 2. The van der Waals surface area contributed by atoms with Crippen molar-refractivity contribution in [1.29, 1.82) is 0 Å². The fraction of sp³-hybridized carbons (Fsp3) is 0.423. The van der Waals surface area contributed by atoms with E-state index in [0.717, 1.165) is 28.5 Å². The predicted molar refractivity (Wildman–Crippen MR) is 124 cm³/mol. The lowest BCUT2D eigenvalue weighted by molar-refractivity contribution is -0.115. The van der Waals surface area contributed by atoms with Crippen LogP contribution in [-0.2, 0) is 14.3 Å². The number of aldehydes is 1. The molecular weight excluding hydrogens is 420 g/mol. The van der Waals surface area contributed by atoms with Crippen LogP contribution in [0.25, 0.3) is 11.1 Å². The number of fused-ring (bicyclic) bond motifs is 3. The maximum Gasteiger partial charge on any atom is 0.410 e. The molecule has 0 bridgehead atoms. The van der Waals surface area contributed by atoms with Gasteiger partial charge in [-0.2, -0.15) is 0 Å². The summed E-state index contributed by atoms with van der Waals surface area (Å²) in [7, 11) is 0. The summed E-state index contributed by atoms with van der Waals surface area (Å²) in [6.07, 6.45) is 0.318. The van der Waals surface area contributed by atoms with Crippen molar-refractivity contribution in [3.05, 3.63) is 59.7 Å². The Kier molecular flexibility index (Phi) is 6.15. The number of rotatable bonds is 4. The highest BCUT2D eigenvalue weighted by Crippen LogP contribution is 2.44. The molecule has 0 saturated carbocycles. The number of ether oxygens (including phenoxy) is 2. The van der Waals surface area contributed by atoms with Crippen LogP contribution in [0.2, 0.25) is 0 Å². The van der Waals surface area contributed by atoms with Crippen LogP contribution in [-0.4, -0.2) is 54.2 Å². The Morgan fingerprint density at radius 2 is 1.58 bits per heavy atom. The Labute approximate surface area is 194 Å². The summed E-state index contributed by atoms with van der Waals surface area (Å²) in [5.74, 6) is -0.0515. The Morgan fingerprint density at radius 1 is 1.03 bits per heavy atom. The molecule has 0 atom stereocenters. The van der Waals surface area contributed by atoms with E-state index in [1.54, 1.807) is 4.90 Å². The lowest BCUT2D eigenvalue weighted by atomic mass is 9.89. The first-order chi connectivity index (χ1) is 15.7. The number of amides is 2. The second-order valence-electron chi connectivity index (χ2n) is 9.69. The van der Waals surface area contributed by atoms with Crippen molar-refractivity contribution in [3.8, 4) is 11.1 Å². The fourth-order valence-electron chi connectivity index (χ4n) is 4.52. The minimum atomic E-state index is -1.05. The average molecular weight is 451 g/mol. The first kappa shape index (κ1) is 22.8. The first-order valence-electron chi connectivity index (χ1n) is 11.3. The van der Waals surface area contributed by atoms with E-state index in [-0.39, 0.29) is 12.5 Å². The second kappa shape index (κ2) is 8.89. The second-order valence-corrected chi connectivity index (χ2v) is 9.69. The minimum Gasteiger partial charge on any atom is -0.449 e. The van der Waals surface area contributed by atoms with Crippen LogP contribution >= 0.6 is 0 Å². The molecule has 1 aliphatic carbocycles. The third-order valence-electron chi connectivity index (χ3n) is 6.23. The van der Waals surface area contributed by atoms with Gasteiger partial charge in [-0.3, -0.25) is 0 Å². The van der Waals surface area contributed by atoms with Crippen molar-refractivity contribution in [2.45, 2.75) is 50.7 Å². The molecule has 7 nitrogen and oxygen atoms in total.